The molecule has 1 aliphatic rings. The van der Waals surface area contributed by atoms with E-state index in [-0.39, 0.29) is 0 Å². The Morgan fingerprint density at radius 3 is 2.84 bits per heavy atom. The van der Waals surface area contributed by atoms with Crippen LogP contribution in [0.4, 0.5) is 5.69 Å². The van der Waals surface area contributed by atoms with Crippen LogP contribution in [0.2, 0.25) is 0 Å². The van der Waals surface area contributed by atoms with Gasteiger partial charge in [-0.3, -0.25) is 4.90 Å². The molecule has 1 aromatic carbocycles. The summed E-state index contributed by atoms with van der Waals surface area (Å²) in [5, 5.41) is 4.76. The number of hydrogen-bond donors (Lipinski definition) is 1. The van der Waals surface area contributed by atoms with Crippen LogP contribution in [0.25, 0.3) is 0 Å². The number of nitrogens with one attached hydrogen (secondary N) is 1. The van der Waals surface area contributed by atoms with Gasteiger partial charge in [-0.15, -0.1) is 0 Å². The molecule has 0 unspecified atom stereocenters. The highest BCUT2D eigenvalue weighted by Crippen LogP contribution is 2.28. The Bertz CT molecular complexity index is 525. The first-order valence-electron chi connectivity index (χ1n) is 6.32. The van der Waals surface area contributed by atoms with Crippen molar-refractivity contribution < 1.29 is 0 Å². The molecule has 1 N–H and O–H groups in total. The molecule has 0 radical (unpaired) electrons. The maximum atomic E-state index is 5.36. The predicted molar refractivity (Wildman–Crippen MR) is 88.4 cm³/mol. The van der Waals surface area contributed by atoms with Gasteiger partial charge in [-0.25, -0.2) is 4.99 Å². The monoisotopic (exact) mass is 293 g/mol. The molecule has 0 amide bonds. The van der Waals surface area contributed by atoms with Gasteiger partial charge < -0.3 is 5.32 Å². The Morgan fingerprint density at radius 2 is 2.21 bits per heavy atom. The van der Waals surface area contributed by atoms with Crippen molar-refractivity contribution in [2.45, 2.75) is 26.8 Å². The van der Waals surface area contributed by atoms with Crippen LogP contribution >= 0.6 is 24.0 Å². The molecule has 1 heterocycles. The van der Waals surface area contributed by atoms with Gasteiger partial charge in [-0.2, -0.15) is 0 Å². The van der Waals surface area contributed by atoms with Gasteiger partial charge >= 0.3 is 0 Å². The highest BCUT2D eigenvalue weighted by Gasteiger charge is 2.29. The molecule has 1 fully saturated rings. The minimum absolute atomic E-state index is 0.384. The number of nitrogens with zero attached hydrogens (tertiary/aromatic N) is 2. The zero-order chi connectivity index (χ0) is 14.0. The Kier molecular flexibility index (Phi) is 4.47. The van der Waals surface area contributed by atoms with Crippen LogP contribution in [0.1, 0.15) is 18.1 Å². The summed E-state index contributed by atoms with van der Waals surface area (Å²) in [6.45, 7) is 6.36. The van der Waals surface area contributed by atoms with Gasteiger partial charge in [0.15, 0.2) is 10.3 Å². The second-order valence-corrected chi connectivity index (χ2v) is 6.14. The van der Waals surface area contributed by atoms with Gasteiger partial charge in [0, 0.05) is 18.8 Å². The lowest BCUT2D eigenvalue weighted by molar-refractivity contribution is 0.523. The Morgan fingerprint density at radius 1 is 1.47 bits per heavy atom. The average molecular weight is 293 g/mol. The molecule has 5 heteroatoms. The largest absolute Gasteiger partial charge is 0.365 e. The van der Waals surface area contributed by atoms with E-state index >= 15 is 0 Å². The lowest BCUT2D eigenvalue weighted by Gasteiger charge is -2.23. The third-order valence-corrected chi connectivity index (χ3v) is 4.70. The van der Waals surface area contributed by atoms with Crippen LogP contribution in [-0.2, 0) is 0 Å². The van der Waals surface area contributed by atoms with Crippen LogP contribution in [-0.4, -0.2) is 34.0 Å². The normalized spacial score (nSPS) is 20.9. The third-order valence-electron chi connectivity index (χ3n) is 3.10. The van der Waals surface area contributed by atoms with Gasteiger partial charge in [0.05, 0.1) is 5.69 Å². The van der Waals surface area contributed by atoms with Crippen LogP contribution in [0.5, 0.6) is 0 Å². The molecule has 2 rings (SSSR count). The van der Waals surface area contributed by atoms with Gasteiger partial charge in [-0.05, 0) is 44.6 Å². The number of amidine groups is 1. The molecular formula is C14H19N3S2. The van der Waals surface area contributed by atoms with E-state index in [0.29, 0.717) is 6.04 Å². The molecule has 3 nitrogen and oxygen atoms in total. The number of benzene rings is 1. The topological polar surface area (TPSA) is 27.6 Å². The first kappa shape index (κ1) is 14.3. The Labute approximate surface area is 124 Å². The van der Waals surface area contributed by atoms with Crippen molar-refractivity contribution in [3.05, 3.63) is 29.3 Å². The number of rotatable bonds is 1. The fraction of sp³-hybridized carbons (Fsp3) is 0.429. The van der Waals surface area contributed by atoms with Crippen molar-refractivity contribution in [3.8, 4) is 0 Å². The van der Waals surface area contributed by atoms with Crippen molar-refractivity contribution in [1.82, 2.24) is 10.2 Å². The van der Waals surface area contributed by atoms with E-state index in [9.17, 15) is 0 Å². The quantitative estimate of drug-likeness (QED) is 0.805. The fourth-order valence-corrected chi connectivity index (χ4v) is 3.49. The molecule has 102 valence electrons. The van der Waals surface area contributed by atoms with Crippen molar-refractivity contribution in [1.29, 1.82) is 0 Å². The van der Waals surface area contributed by atoms with Gasteiger partial charge in [0.25, 0.3) is 0 Å². The summed E-state index contributed by atoms with van der Waals surface area (Å²) in [7, 11) is 1.85. The zero-order valence-corrected chi connectivity index (χ0v) is 13.4. The molecule has 0 bridgehead atoms. The van der Waals surface area contributed by atoms with Crippen LogP contribution in [0.3, 0.4) is 0 Å². The van der Waals surface area contributed by atoms with Gasteiger partial charge in [0.1, 0.15) is 0 Å². The summed E-state index contributed by atoms with van der Waals surface area (Å²) >= 11 is 7.12. The van der Waals surface area contributed by atoms with Crippen LogP contribution in [0, 0.1) is 13.8 Å². The Hall–Kier alpha value is -1.07. The lowest BCUT2D eigenvalue weighted by Crippen LogP contribution is -2.42. The number of thiocarbonyl (C=S) groups is 1. The summed E-state index contributed by atoms with van der Waals surface area (Å²) in [4.78, 5) is 6.87. The second kappa shape index (κ2) is 5.92. The molecule has 1 aromatic rings. The fourth-order valence-electron chi connectivity index (χ4n) is 2.06. The summed E-state index contributed by atoms with van der Waals surface area (Å²) < 4.78 is 0. The summed E-state index contributed by atoms with van der Waals surface area (Å²) in [5.74, 6) is 1.02. The number of thioether (sulfide) groups is 1. The van der Waals surface area contributed by atoms with E-state index in [0.717, 1.165) is 21.7 Å². The molecule has 0 saturated carbocycles. The molecule has 0 aliphatic carbocycles. The van der Waals surface area contributed by atoms with Crippen molar-refractivity contribution in [3.63, 3.8) is 0 Å². The van der Waals surface area contributed by atoms with E-state index in [4.69, 9.17) is 17.2 Å². The molecular weight excluding hydrogens is 274 g/mol. The second-order valence-electron chi connectivity index (χ2n) is 4.77. The molecule has 19 heavy (non-hydrogen) atoms. The molecule has 1 atom stereocenters. The third kappa shape index (κ3) is 3.09. The lowest BCUT2D eigenvalue weighted by atomic mass is 10.1. The number of aryl methyl sites for hydroxylation is 2. The maximum Gasteiger partial charge on any atom is 0.175 e. The van der Waals surface area contributed by atoms with E-state index in [1.807, 2.05) is 7.05 Å². The van der Waals surface area contributed by atoms with Gasteiger partial charge in [0.2, 0.25) is 0 Å². The average Bonchev–Trinajstić information content (AvgIpc) is 2.73. The molecule has 0 aromatic heterocycles. The van der Waals surface area contributed by atoms with E-state index in [1.54, 1.807) is 11.8 Å². The Balaban J connectivity index is 2.34. The van der Waals surface area contributed by atoms with Crippen molar-refractivity contribution in [2.75, 3.05) is 12.8 Å². The van der Waals surface area contributed by atoms with E-state index in [1.165, 1.54) is 11.1 Å². The first-order chi connectivity index (χ1) is 9.02. The summed E-state index contributed by atoms with van der Waals surface area (Å²) in [6.07, 6.45) is 0. The van der Waals surface area contributed by atoms with Crippen LogP contribution < -0.4 is 5.32 Å². The SMILES string of the molecule is CNC(=S)N1C(=Nc2ccc(C)cc2C)SC[C@H]1C. The first-order valence-corrected chi connectivity index (χ1v) is 7.72. The van der Waals surface area contributed by atoms with Crippen LogP contribution in [0.15, 0.2) is 23.2 Å². The highest BCUT2D eigenvalue weighted by molar-refractivity contribution is 8.14. The smallest absolute Gasteiger partial charge is 0.175 e. The summed E-state index contributed by atoms with van der Waals surface area (Å²) in [5.41, 5.74) is 3.48. The molecule has 0 spiro atoms. The summed E-state index contributed by atoms with van der Waals surface area (Å²) in [6, 6.07) is 6.70. The number of hydrogen-bond acceptors (Lipinski definition) is 3. The highest BCUT2D eigenvalue weighted by atomic mass is 32.2. The minimum Gasteiger partial charge on any atom is -0.365 e. The zero-order valence-electron chi connectivity index (χ0n) is 11.7. The van der Waals surface area contributed by atoms with Gasteiger partial charge in [-0.1, -0.05) is 29.5 Å². The van der Waals surface area contributed by atoms with E-state index < -0.39 is 0 Å². The standard InChI is InChI=1S/C14H19N3S2/c1-9-5-6-12(10(2)7-9)16-14-17(13(18)15-4)11(3)8-19-14/h5-7,11H,8H2,1-4H3,(H,15,18)/t11-/m1/s1. The van der Waals surface area contributed by atoms with Crippen molar-refractivity contribution >= 4 is 39.9 Å². The maximum absolute atomic E-state index is 5.36. The van der Waals surface area contributed by atoms with E-state index in [2.05, 4.69) is 49.2 Å². The van der Waals surface area contributed by atoms with Crippen molar-refractivity contribution in [2.24, 2.45) is 4.99 Å². The minimum atomic E-state index is 0.384. The molecule has 1 saturated heterocycles. The molecule has 1 aliphatic heterocycles. The number of aliphatic imine (C=N–C) groups is 1. The predicted octanol–water partition coefficient (Wildman–Crippen LogP) is 3.23.